The number of benzene rings is 1. The number of aromatic nitrogens is 2. The average molecular weight is 509 g/mol. The highest BCUT2D eigenvalue weighted by molar-refractivity contribution is 8.00. The number of hydrogen-bond donors (Lipinski definition) is 3. The predicted octanol–water partition coefficient (Wildman–Crippen LogP) is 5.58. The van der Waals surface area contributed by atoms with E-state index in [2.05, 4.69) is 20.9 Å². The lowest BCUT2D eigenvalue weighted by atomic mass is 9.91. The van der Waals surface area contributed by atoms with Crippen molar-refractivity contribution in [1.29, 1.82) is 0 Å². The number of fused-ring (bicyclic) bond motifs is 1. The number of amides is 2. The molecule has 1 heterocycles. The largest absolute Gasteiger partial charge is 0.446 e. The quantitative estimate of drug-likeness (QED) is 0.442. The Kier molecular flexibility index (Phi) is 7.93. The van der Waals surface area contributed by atoms with Crippen LogP contribution in [0.1, 0.15) is 49.8 Å². The molecular weight excluding hydrogens is 477 g/mol. The van der Waals surface area contributed by atoms with Crippen molar-refractivity contribution in [2.24, 2.45) is 0 Å². The first-order chi connectivity index (χ1) is 16.7. The summed E-state index contributed by atoms with van der Waals surface area (Å²) in [5, 5.41) is 9.17. The first-order valence-corrected chi connectivity index (χ1v) is 12.7. The van der Waals surface area contributed by atoms with Crippen LogP contribution in [0.25, 0.3) is 0 Å². The number of alkyl halides is 3. The number of nitrogens with zero attached hydrogens (tertiary/aromatic N) is 3. The molecule has 0 radical (unpaired) electrons. The van der Waals surface area contributed by atoms with Gasteiger partial charge in [-0.3, -0.25) is 0 Å². The zero-order valence-electron chi connectivity index (χ0n) is 19.9. The third-order valence-corrected chi connectivity index (χ3v) is 7.07. The molecule has 35 heavy (non-hydrogen) atoms. The summed E-state index contributed by atoms with van der Waals surface area (Å²) in [6, 6.07) is 5.54. The molecule has 2 aliphatic rings. The molecule has 1 saturated carbocycles. The highest BCUT2D eigenvalue weighted by atomic mass is 32.2. The molecule has 1 aromatic heterocycles. The van der Waals surface area contributed by atoms with Gasteiger partial charge in [0.1, 0.15) is 5.82 Å². The Morgan fingerprint density at radius 1 is 1.00 bits per heavy atom. The van der Waals surface area contributed by atoms with Gasteiger partial charge in [0.15, 0.2) is 0 Å². The van der Waals surface area contributed by atoms with Crippen LogP contribution in [0.2, 0.25) is 0 Å². The smallest absolute Gasteiger partial charge is 0.362 e. The topological polar surface area (TPSA) is 82.2 Å². The number of urea groups is 1. The van der Waals surface area contributed by atoms with E-state index in [1.807, 2.05) is 14.1 Å². The van der Waals surface area contributed by atoms with Gasteiger partial charge in [0.2, 0.25) is 5.95 Å². The number of carbonyl (C=O) groups is 1. The van der Waals surface area contributed by atoms with E-state index in [0.717, 1.165) is 56.5 Å². The van der Waals surface area contributed by atoms with Gasteiger partial charge in [0, 0.05) is 42.3 Å². The molecule has 4 rings (SSSR count). The van der Waals surface area contributed by atoms with E-state index in [4.69, 9.17) is 9.97 Å². The van der Waals surface area contributed by atoms with Crippen LogP contribution in [0.5, 0.6) is 0 Å². The lowest BCUT2D eigenvalue weighted by molar-refractivity contribution is -0.0328. The molecular formula is C24H31F3N6OS. The average Bonchev–Trinajstić information content (AvgIpc) is 2.80. The van der Waals surface area contributed by atoms with Crippen LogP contribution < -0.4 is 20.9 Å². The summed E-state index contributed by atoms with van der Waals surface area (Å²) in [5.74, 6) is 1.67. The molecule has 0 atom stereocenters. The zero-order valence-corrected chi connectivity index (χ0v) is 20.7. The van der Waals surface area contributed by atoms with Crippen molar-refractivity contribution in [3.05, 3.63) is 35.5 Å². The summed E-state index contributed by atoms with van der Waals surface area (Å²) in [6.45, 7) is 0. The molecule has 0 unspecified atom stereocenters. The Morgan fingerprint density at radius 3 is 2.31 bits per heavy atom. The van der Waals surface area contributed by atoms with E-state index in [-0.39, 0.29) is 34.8 Å². The van der Waals surface area contributed by atoms with E-state index in [9.17, 15) is 18.0 Å². The molecule has 0 aliphatic heterocycles. The van der Waals surface area contributed by atoms with Crippen molar-refractivity contribution >= 4 is 35.2 Å². The first kappa shape index (κ1) is 25.4. The summed E-state index contributed by atoms with van der Waals surface area (Å²) in [7, 11) is 4.03. The van der Waals surface area contributed by atoms with Crippen molar-refractivity contribution in [3.63, 3.8) is 0 Å². The van der Waals surface area contributed by atoms with Crippen LogP contribution in [0.15, 0.2) is 29.2 Å². The van der Waals surface area contributed by atoms with E-state index < -0.39 is 5.51 Å². The first-order valence-electron chi connectivity index (χ1n) is 11.9. The van der Waals surface area contributed by atoms with Crippen LogP contribution in [0, 0.1) is 0 Å². The van der Waals surface area contributed by atoms with Crippen LogP contribution in [0.4, 0.5) is 35.4 Å². The second kappa shape index (κ2) is 10.9. The molecule has 3 N–H and O–H groups in total. The summed E-state index contributed by atoms with van der Waals surface area (Å²) < 4.78 is 37.3. The Morgan fingerprint density at radius 2 is 1.66 bits per heavy atom. The van der Waals surface area contributed by atoms with Crippen LogP contribution in [0.3, 0.4) is 0 Å². The number of aryl methyl sites for hydroxylation is 1. The van der Waals surface area contributed by atoms with Gasteiger partial charge in [-0.05, 0) is 87.4 Å². The minimum absolute atomic E-state index is 0.0369. The predicted molar refractivity (Wildman–Crippen MR) is 133 cm³/mol. The van der Waals surface area contributed by atoms with E-state index in [1.165, 1.54) is 36.2 Å². The van der Waals surface area contributed by atoms with Gasteiger partial charge in [-0.1, -0.05) is 0 Å². The molecule has 0 saturated heterocycles. The minimum Gasteiger partial charge on any atom is -0.362 e. The lowest BCUT2D eigenvalue weighted by Crippen LogP contribution is -2.42. The van der Waals surface area contributed by atoms with Gasteiger partial charge in [-0.25, -0.2) is 9.78 Å². The summed E-state index contributed by atoms with van der Waals surface area (Å²) in [5.41, 5.74) is -1.47. The maximum Gasteiger partial charge on any atom is 0.446 e. The van der Waals surface area contributed by atoms with E-state index in [0.29, 0.717) is 11.6 Å². The summed E-state index contributed by atoms with van der Waals surface area (Å²) in [6.07, 6.45) is 7.75. The SMILES string of the molecule is CN(C)c1nc(N[C@H]2CC[C@@H](NC(=O)Nc3ccc(SC(F)(F)F)cc3)CC2)nc2c1CCCC2. The fourth-order valence-corrected chi connectivity index (χ4v) is 5.21. The van der Waals surface area contributed by atoms with Crippen molar-refractivity contribution in [2.45, 2.75) is 73.9 Å². The number of anilines is 3. The number of carbonyl (C=O) groups excluding carboxylic acids is 1. The Bertz CT molecular complexity index is 1020. The highest BCUT2D eigenvalue weighted by Crippen LogP contribution is 2.37. The number of hydrogen-bond acceptors (Lipinski definition) is 6. The van der Waals surface area contributed by atoms with Crippen molar-refractivity contribution < 1.29 is 18.0 Å². The minimum atomic E-state index is -4.33. The van der Waals surface area contributed by atoms with E-state index >= 15 is 0 Å². The normalized spacial score (nSPS) is 20.0. The maximum atomic E-state index is 12.4. The van der Waals surface area contributed by atoms with E-state index in [1.54, 1.807) is 0 Å². The Balaban J connectivity index is 1.25. The fourth-order valence-electron chi connectivity index (χ4n) is 4.67. The second-order valence-corrected chi connectivity index (χ2v) is 10.4. The second-order valence-electron chi connectivity index (χ2n) is 9.26. The third kappa shape index (κ3) is 7.16. The Hall–Kier alpha value is -2.69. The van der Waals surface area contributed by atoms with Gasteiger partial charge in [0.05, 0.1) is 5.69 Å². The molecule has 2 aliphatic carbocycles. The van der Waals surface area contributed by atoms with Gasteiger partial charge in [0.25, 0.3) is 0 Å². The monoisotopic (exact) mass is 508 g/mol. The molecule has 0 bridgehead atoms. The molecule has 1 fully saturated rings. The summed E-state index contributed by atoms with van der Waals surface area (Å²) in [4.78, 5) is 24.1. The number of thioether (sulfide) groups is 1. The maximum absolute atomic E-state index is 12.4. The van der Waals surface area contributed by atoms with Crippen LogP contribution in [-0.2, 0) is 12.8 Å². The molecule has 190 valence electrons. The van der Waals surface area contributed by atoms with Gasteiger partial charge in [-0.15, -0.1) is 0 Å². The lowest BCUT2D eigenvalue weighted by Gasteiger charge is -2.30. The standard InChI is InChI=1S/C24H31F3N6OS/c1-33(2)21-19-5-3-4-6-20(19)31-22(32-21)28-15-7-9-16(10-8-15)29-23(34)30-17-11-13-18(14-12-17)35-24(25,26)27/h11-16H,3-10H2,1-2H3,(H,28,31,32)(H2,29,30,34)/t15-,16+. The summed E-state index contributed by atoms with van der Waals surface area (Å²) >= 11 is -0.179. The number of rotatable bonds is 6. The number of nitrogens with one attached hydrogen (secondary N) is 3. The van der Waals surface area contributed by atoms with Gasteiger partial charge >= 0.3 is 11.5 Å². The molecule has 2 amide bonds. The van der Waals surface area contributed by atoms with Gasteiger partial charge < -0.3 is 20.9 Å². The molecule has 1 aromatic carbocycles. The Labute approximate surface area is 207 Å². The molecule has 0 spiro atoms. The van der Waals surface area contributed by atoms with Crippen LogP contribution in [-0.4, -0.2) is 47.7 Å². The fraction of sp³-hybridized carbons (Fsp3) is 0.542. The number of halogens is 3. The van der Waals surface area contributed by atoms with Crippen LogP contribution >= 0.6 is 11.8 Å². The molecule has 2 aromatic rings. The molecule has 7 nitrogen and oxygen atoms in total. The van der Waals surface area contributed by atoms with Gasteiger partial charge in [-0.2, -0.15) is 18.2 Å². The third-order valence-electron chi connectivity index (χ3n) is 6.33. The zero-order chi connectivity index (χ0) is 25.0. The van der Waals surface area contributed by atoms with Crippen molar-refractivity contribution in [3.8, 4) is 0 Å². The van der Waals surface area contributed by atoms with Crippen molar-refractivity contribution in [2.75, 3.05) is 29.6 Å². The van der Waals surface area contributed by atoms with Crippen molar-refractivity contribution in [1.82, 2.24) is 15.3 Å². The molecule has 11 heteroatoms. The highest BCUT2D eigenvalue weighted by Gasteiger charge is 2.29.